The van der Waals surface area contributed by atoms with Crippen LogP contribution >= 0.6 is 0 Å². The molecule has 0 aliphatic carbocycles. The van der Waals surface area contributed by atoms with Crippen molar-refractivity contribution >= 4 is 35.1 Å². The van der Waals surface area contributed by atoms with E-state index in [0.29, 0.717) is 19.4 Å². The summed E-state index contributed by atoms with van der Waals surface area (Å²) in [5.41, 5.74) is 7.10. The van der Waals surface area contributed by atoms with Gasteiger partial charge in [0.05, 0.1) is 5.71 Å². The zero-order valence-electron chi connectivity index (χ0n) is 16.0. The van der Waals surface area contributed by atoms with Crippen molar-refractivity contribution in [1.29, 1.82) is 0 Å². The average molecular weight is 367 g/mol. The molecule has 7 nitrogen and oxygen atoms in total. The smallest absolute Gasteiger partial charge is 0.240 e. The lowest BCUT2D eigenvalue weighted by Crippen LogP contribution is -2.29. The zero-order chi connectivity index (χ0) is 19.4. The first-order chi connectivity index (χ1) is 13.1. The Hall–Kier alpha value is -2.83. The highest BCUT2D eigenvalue weighted by atomic mass is 16.2. The van der Waals surface area contributed by atoms with Gasteiger partial charge in [-0.05, 0) is 37.0 Å². The molecule has 142 valence electrons. The van der Waals surface area contributed by atoms with Gasteiger partial charge in [0.25, 0.3) is 0 Å². The van der Waals surface area contributed by atoms with Crippen molar-refractivity contribution in [2.75, 3.05) is 11.4 Å². The number of carbonyl (C=O) groups excluding carboxylic acids is 2. The van der Waals surface area contributed by atoms with Gasteiger partial charge in [-0.15, -0.1) is 0 Å². The van der Waals surface area contributed by atoms with E-state index < -0.39 is 5.92 Å². The first-order valence-corrected chi connectivity index (χ1v) is 9.48. The van der Waals surface area contributed by atoms with E-state index >= 15 is 0 Å². The van der Waals surface area contributed by atoms with Crippen LogP contribution in [0.3, 0.4) is 0 Å². The maximum atomic E-state index is 12.8. The van der Waals surface area contributed by atoms with E-state index in [2.05, 4.69) is 20.7 Å². The van der Waals surface area contributed by atoms with E-state index in [-0.39, 0.29) is 11.8 Å². The van der Waals surface area contributed by atoms with Crippen LogP contribution in [0, 0.1) is 0 Å². The SMILES string of the molecule is CCC(CC)=NN=CC1C(=O)N(CC)c2cc(C3=NNC(=O)CC3)ccc21. The summed E-state index contributed by atoms with van der Waals surface area (Å²) in [5.74, 6) is -0.474. The third kappa shape index (κ3) is 3.82. The Morgan fingerprint density at radius 3 is 2.67 bits per heavy atom. The Labute approximate surface area is 159 Å². The molecule has 0 saturated heterocycles. The monoisotopic (exact) mass is 367 g/mol. The molecule has 1 atom stereocenters. The molecule has 1 aromatic rings. The molecule has 0 fully saturated rings. The van der Waals surface area contributed by atoms with E-state index in [9.17, 15) is 9.59 Å². The minimum Gasteiger partial charge on any atom is -0.312 e. The zero-order valence-corrected chi connectivity index (χ0v) is 16.0. The summed E-state index contributed by atoms with van der Waals surface area (Å²) in [4.78, 5) is 25.9. The van der Waals surface area contributed by atoms with Crippen LogP contribution < -0.4 is 10.3 Å². The number of anilines is 1. The van der Waals surface area contributed by atoms with Gasteiger partial charge in [-0.25, -0.2) is 5.43 Å². The highest BCUT2D eigenvalue weighted by Gasteiger charge is 2.36. The van der Waals surface area contributed by atoms with Gasteiger partial charge in [0.15, 0.2) is 0 Å². The van der Waals surface area contributed by atoms with Crippen molar-refractivity contribution in [3.8, 4) is 0 Å². The molecule has 3 rings (SSSR count). The Kier molecular flexibility index (Phi) is 5.78. The number of hydrogen-bond acceptors (Lipinski definition) is 5. The van der Waals surface area contributed by atoms with Gasteiger partial charge in [-0.3, -0.25) is 9.59 Å². The third-order valence-electron chi connectivity index (χ3n) is 4.97. The van der Waals surface area contributed by atoms with Gasteiger partial charge < -0.3 is 4.90 Å². The predicted molar refractivity (Wildman–Crippen MR) is 108 cm³/mol. The fourth-order valence-corrected chi connectivity index (χ4v) is 3.37. The lowest BCUT2D eigenvalue weighted by Gasteiger charge is -2.17. The number of likely N-dealkylation sites (N-methyl/N-ethyl adjacent to an activating group) is 1. The Balaban J connectivity index is 1.92. The molecule has 0 spiro atoms. The van der Waals surface area contributed by atoms with Crippen molar-refractivity contribution in [3.05, 3.63) is 29.3 Å². The molecular formula is C20H25N5O2. The summed E-state index contributed by atoms with van der Waals surface area (Å²) in [5, 5.41) is 12.6. The van der Waals surface area contributed by atoms with Crippen LogP contribution in [-0.2, 0) is 9.59 Å². The van der Waals surface area contributed by atoms with Crippen LogP contribution in [0.2, 0.25) is 0 Å². The number of hydrogen-bond donors (Lipinski definition) is 1. The average Bonchev–Trinajstić information content (AvgIpc) is 2.96. The fraction of sp³-hybridized carbons (Fsp3) is 0.450. The quantitative estimate of drug-likeness (QED) is 0.619. The second-order valence-corrected chi connectivity index (χ2v) is 6.57. The number of amides is 2. The van der Waals surface area contributed by atoms with Gasteiger partial charge in [-0.2, -0.15) is 15.3 Å². The van der Waals surface area contributed by atoms with Crippen LogP contribution in [0.5, 0.6) is 0 Å². The van der Waals surface area contributed by atoms with E-state index in [1.807, 2.05) is 39.0 Å². The van der Waals surface area contributed by atoms with Gasteiger partial charge in [0.2, 0.25) is 11.8 Å². The number of hydrazone groups is 1. The first-order valence-electron chi connectivity index (χ1n) is 9.48. The van der Waals surface area contributed by atoms with Crippen LogP contribution in [-0.4, -0.2) is 36.0 Å². The van der Waals surface area contributed by atoms with E-state index in [1.165, 1.54) is 0 Å². The molecule has 2 heterocycles. The first kappa shape index (κ1) is 18.9. The van der Waals surface area contributed by atoms with E-state index in [1.54, 1.807) is 11.1 Å². The Morgan fingerprint density at radius 1 is 1.26 bits per heavy atom. The molecule has 1 unspecified atom stereocenters. The maximum absolute atomic E-state index is 12.8. The molecule has 0 radical (unpaired) electrons. The largest absolute Gasteiger partial charge is 0.312 e. The predicted octanol–water partition coefficient (Wildman–Crippen LogP) is 3.00. The molecule has 1 aromatic carbocycles. The molecule has 2 amide bonds. The molecule has 7 heteroatoms. The molecule has 2 aliphatic heterocycles. The van der Waals surface area contributed by atoms with Crippen molar-refractivity contribution in [3.63, 3.8) is 0 Å². The van der Waals surface area contributed by atoms with Gasteiger partial charge in [0.1, 0.15) is 5.92 Å². The lowest BCUT2D eigenvalue weighted by atomic mass is 9.97. The van der Waals surface area contributed by atoms with Crippen LogP contribution in [0.15, 0.2) is 33.5 Å². The number of nitrogens with one attached hydrogen (secondary N) is 1. The van der Waals surface area contributed by atoms with Crippen molar-refractivity contribution in [2.24, 2.45) is 15.3 Å². The van der Waals surface area contributed by atoms with Crippen molar-refractivity contribution in [1.82, 2.24) is 5.43 Å². The Bertz CT molecular complexity index is 835. The van der Waals surface area contributed by atoms with Crippen LogP contribution in [0.4, 0.5) is 5.69 Å². The van der Waals surface area contributed by atoms with Crippen molar-refractivity contribution in [2.45, 2.75) is 52.4 Å². The number of nitrogens with zero attached hydrogens (tertiary/aromatic N) is 4. The molecular weight excluding hydrogens is 342 g/mol. The van der Waals surface area contributed by atoms with Gasteiger partial charge in [0, 0.05) is 37.0 Å². The molecule has 27 heavy (non-hydrogen) atoms. The van der Waals surface area contributed by atoms with Gasteiger partial charge in [-0.1, -0.05) is 26.0 Å². The van der Waals surface area contributed by atoms with Crippen LogP contribution in [0.1, 0.15) is 63.5 Å². The standard InChI is InChI=1S/C20H25N5O2/c1-4-14(5-2)22-21-12-16-15-8-7-13(17-9-10-19(26)24-23-17)11-18(15)25(6-3)20(16)27/h7-8,11-12,16H,4-6,9-10H2,1-3H3,(H,24,26). The summed E-state index contributed by atoms with van der Waals surface area (Å²) in [6, 6.07) is 5.89. The van der Waals surface area contributed by atoms with E-state index in [0.717, 1.165) is 41.1 Å². The lowest BCUT2D eigenvalue weighted by molar-refractivity contribution is -0.121. The fourth-order valence-electron chi connectivity index (χ4n) is 3.37. The number of rotatable bonds is 6. The molecule has 0 aromatic heterocycles. The topological polar surface area (TPSA) is 86.5 Å². The number of fused-ring (bicyclic) bond motifs is 1. The summed E-state index contributed by atoms with van der Waals surface area (Å²) in [6.07, 6.45) is 4.37. The molecule has 0 saturated carbocycles. The number of carbonyl (C=O) groups is 2. The molecule has 2 aliphatic rings. The summed E-state index contributed by atoms with van der Waals surface area (Å²) in [6.45, 7) is 6.63. The van der Waals surface area contributed by atoms with Gasteiger partial charge >= 0.3 is 0 Å². The highest BCUT2D eigenvalue weighted by Crippen LogP contribution is 2.37. The minimum absolute atomic E-state index is 0.0111. The molecule has 0 bridgehead atoms. The van der Waals surface area contributed by atoms with Crippen LogP contribution in [0.25, 0.3) is 0 Å². The number of benzene rings is 1. The Morgan fingerprint density at radius 2 is 2.04 bits per heavy atom. The summed E-state index contributed by atoms with van der Waals surface area (Å²) < 4.78 is 0. The summed E-state index contributed by atoms with van der Waals surface area (Å²) in [7, 11) is 0. The third-order valence-corrected chi connectivity index (χ3v) is 4.97. The van der Waals surface area contributed by atoms with Crippen molar-refractivity contribution < 1.29 is 9.59 Å². The second kappa shape index (κ2) is 8.24. The normalized spacial score (nSPS) is 19.1. The molecule has 1 N–H and O–H groups in total. The summed E-state index contributed by atoms with van der Waals surface area (Å²) >= 11 is 0. The van der Waals surface area contributed by atoms with E-state index in [4.69, 9.17) is 0 Å². The minimum atomic E-state index is -0.416. The highest BCUT2D eigenvalue weighted by molar-refractivity contribution is 6.15. The second-order valence-electron chi connectivity index (χ2n) is 6.57. The maximum Gasteiger partial charge on any atom is 0.240 e.